The van der Waals surface area contributed by atoms with Crippen molar-refractivity contribution in [2.75, 3.05) is 0 Å². The molecule has 0 bridgehead atoms. The molecule has 0 N–H and O–H groups in total. The minimum atomic E-state index is -2.79. The van der Waals surface area contributed by atoms with E-state index in [0.29, 0.717) is 0 Å². The van der Waals surface area contributed by atoms with Gasteiger partial charge in [-0.3, -0.25) is 0 Å². The van der Waals surface area contributed by atoms with Crippen molar-refractivity contribution in [3.63, 3.8) is 0 Å². The molecule has 1 unspecified atom stereocenters. The van der Waals surface area contributed by atoms with E-state index < -0.39 is 6.61 Å². The van der Waals surface area contributed by atoms with E-state index in [4.69, 9.17) is 0 Å². The van der Waals surface area contributed by atoms with E-state index >= 15 is 0 Å². The van der Waals surface area contributed by atoms with Crippen LogP contribution in [0.4, 0.5) is 8.78 Å². The molecule has 18 heavy (non-hydrogen) atoms. The first kappa shape index (κ1) is 13.2. The van der Waals surface area contributed by atoms with Crippen molar-refractivity contribution in [3.8, 4) is 5.75 Å². The number of halogens is 2. The zero-order valence-electron chi connectivity index (χ0n) is 9.42. The molecule has 96 valence electrons. The first-order valence-corrected chi connectivity index (χ1v) is 6.88. The lowest BCUT2D eigenvalue weighted by molar-refractivity contribution is -0.0498. The molecule has 1 aromatic heterocycles. The van der Waals surface area contributed by atoms with Crippen molar-refractivity contribution in [1.29, 1.82) is 0 Å². The Morgan fingerprint density at radius 1 is 1.28 bits per heavy atom. The van der Waals surface area contributed by atoms with Crippen molar-refractivity contribution >= 4 is 23.1 Å². The molecule has 0 aliphatic carbocycles. The van der Waals surface area contributed by atoms with Crippen LogP contribution in [0, 0.1) is 0 Å². The molecular formula is C11H10F2N2OS2. The van der Waals surface area contributed by atoms with Crippen LogP contribution in [0.15, 0.2) is 34.1 Å². The van der Waals surface area contributed by atoms with Gasteiger partial charge in [0.1, 0.15) is 11.3 Å². The molecule has 0 aliphatic rings. The molecule has 0 spiro atoms. The van der Waals surface area contributed by atoms with Crippen molar-refractivity contribution in [1.82, 2.24) is 10.2 Å². The Bertz CT molecular complexity index is 476. The fourth-order valence-electron chi connectivity index (χ4n) is 1.35. The van der Waals surface area contributed by atoms with Gasteiger partial charge in [0, 0.05) is 5.25 Å². The number of rotatable bonds is 5. The summed E-state index contributed by atoms with van der Waals surface area (Å²) in [5.74, 6) is 0.168. The quantitative estimate of drug-likeness (QED) is 0.779. The SMILES string of the molecule is CC(Sc1nncs1)c1ccc(OC(F)F)cc1. The Morgan fingerprint density at radius 2 is 2.00 bits per heavy atom. The van der Waals surface area contributed by atoms with Gasteiger partial charge >= 0.3 is 6.61 Å². The van der Waals surface area contributed by atoms with Gasteiger partial charge in [0.15, 0.2) is 4.34 Å². The Morgan fingerprint density at radius 3 is 2.56 bits per heavy atom. The van der Waals surface area contributed by atoms with Crippen LogP contribution in [0.3, 0.4) is 0 Å². The molecule has 0 radical (unpaired) electrons. The number of thioether (sulfide) groups is 1. The summed E-state index contributed by atoms with van der Waals surface area (Å²) in [4.78, 5) is 0. The number of hydrogen-bond acceptors (Lipinski definition) is 5. The maximum Gasteiger partial charge on any atom is 0.387 e. The van der Waals surface area contributed by atoms with Gasteiger partial charge in [-0.15, -0.1) is 10.2 Å². The molecule has 7 heteroatoms. The summed E-state index contributed by atoms with van der Waals surface area (Å²) in [5.41, 5.74) is 2.70. The molecule has 2 aromatic rings. The summed E-state index contributed by atoms with van der Waals surface area (Å²) in [6.45, 7) is -0.765. The lowest BCUT2D eigenvalue weighted by Crippen LogP contribution is -2.01. The Kier molecular flexibility index (Phi) is 4.48. The topological polar surface area (TPSA) is 35.0 Å². The zero-order valence-corrected chi connectivity index (χ0v) is 11.0. The number of hydrogen-bond donors (Lipinski definition) is 0. The number of benzene rings is 1. The first-order chi connectivity index (χ1) is 8.65. The molecule has 0 saturated heterocycles. The largest absolute Gasteiger partial charge is 0.435 e. The van der Waals surface area contributed by atoms with E-state index in [1.165, 1.54) is 11.3 Å². The smallest absolute Gasteiger partial charge is 0.387 e. The third-order valence-corrected chi connectivity index (χ3v) is 4.16. The van der Waals surface area contributed by atoms with Crippen LogP contribution in [-0.4, -0.2) is 16.8 Å². The molecule has 0 amide bonds. The van der Waals surface area contributed by atoms with Gasteiger partial charge in [-0.05, 0) is 24.6 Å². The van der Waals surface area contributed by atoms with E-state index in [1.807, 2.05) is 6.92 Å². The predicted molar refractivity (Wildman–Crippen MR) is 67.3 cm³/mol. The van der Waals surface area contributed by atoms with E-state index in [2.05, 4.69) is 14.9 Å². The van der Waals surface area contributed by atoms with Gasteiger partial charge in [0.2, 0.25) is 0 Å². The normalized spacial score (nSPS) is 12.7. The van der Waals surface area contributed by atoms with Gasteiger partial charge in [-0.25, -0.2) is 0 Å². The fraction of sp³-hybridized carbons (Fsp3) is 0.273. The maximum absolute atomic E-state index is 12.0. The monoisotopic (exact) mass is 288 g/mol. The van der Waals surface area contributed by atoms with Gasteiger partial charge in [-0.1, -0.05) is 35.2 Å². The highest BCUT2D eigenvalue weighted by atomic mass is 32.2. The van der Waals surface area contributed by atoms with Crippen molar-refractivity contribution in [3.05, 3.63) is 35.3 Å². The Balaban J connectivity index is 2.00. The van der Waals surface area contributed by atoms with E-state index in [-0.39, 0.29) is 11.0 Å². The third-order valence-electron chi connectivity index (χ3n) is 2.19. The van der Waals surface area contributed by atoms with Crippen LogP contribution >= 0.6 is 23.1 Å². The van der Waals surface area contributed by atoms with Crippen LogP contribution in [0.1, 0.15) is 17.7 Å². The zero-order chi connectivity index (χ0) is 13.0. The third kappa shape index (κ3) is 3.64. The summed E-state index contributed by atoms with van der Waals surface area (Å²) in [6.07, 6.45) is 0. The van der Waals surface area contributed by atoms with Crippen molar-refractivity contribution in [2.24, 2.45) is 0 Å². The number of ether oxygens (including phenoxy) is 1. The number of nitrogens with zero attached hydrogens (tertiary/aromatic N) is 2. The molecule has 0 fully saturated rings. The summed E-state index contributed by atoms with van der Waals surface area (Å²) in [7, 11) is 0. The van der Waals surface area contributed by atoms with E-state index in [1.54, 1.807) is 41.5 Å². The average molecular weight is 288 g/mol. The summed E-state index contributed by atoms with van der Waals surface area (Å²) in [5, 5.41) is 7.89. The van der Waals surface area contributed by atoms with Gasteiger partial charge in [0.25, 0.3) is 0 Å². The van der Waals surface area contributed by atoms with Gasteiger partial charge in [0.05, 0.1) is 0 Å². The minimum Gasteiger partial charge on any atom is -0.435 e. The summed E-state index contributed by atoms with van der Waals surface area (Å²) >= 11 is 3.05. The second-order valence-corrected chi connectivity index (χ2v) is 5.83. The second-order valence-electron chi connectivity index (χ2n) is 3.41. The summed E-state index contributed by atoms with van der Waals surface area (Å²) in [6, 6.07) is 6.63. The molecule has 0 aliphatic heterocycles. The number of aromatic nitrogens is 2. The van der Waals surface area contributed by atoms with E-state index in [9.17, 15) is 8.78 Å². The van der Waals surface area contributed by atoms with Gasteiger partial charge < -0.3 is 4.74 Å². The molecule has 1 aromatic carbocycles. The summed E-state index contributed by atoms with van der Waals surface area (Å²) < 4.78 is 29.2. The highest BCUT2D eigenvalue weighted by Crippen LogP contribution is 2.35. The van der Waals surface area contributed by atoms with Crippen LogP contribution in [0.5, 0.6) is 5.75 Å². The second kappa shape index (κ2) is 6.10. The van der Waals surface area contributed by atoms with Crippen LogP contribution < -0.4 is 4.74 Å². The predicted octanol–water partition coefficient (Wildman–Crippen LogP) is 3.99. The van der Waals surface area contributed by atoms with E-state index in [0.717, 1.165) is 9.90 Å². The van der Waals surface area contributed by atoms with Crippen molar-refractivity contribution in [2.45, 2.75) is 23.1 Å². The van der Waals surface area contributed by atoms with Crippen LogP contribution in [0.2, 0.25) is 0 Å². The molecule has 1 atom stereocenters. The molecule has 0 saturated carbocycles. The average Bonchev–Trinajstić information content (AvgIpc) is 2.82. The molecule has 1 heterocycles. The fourth-order valence-corrected chi connectivity index (χ4v) is 3.11. The molecule has 3 nitrogen and oxygen atoms in total. The number of alkyl halides is 2. The van der Waals surface area contributed by atoms with Gasteiger partial charge in [-0.2, -0.15) is 8.78 Å². The molecular weight excluding hydrogens is 278 g/mol. The molecule has 2 rings (SSSR count). The first-order valence-electron chi connectivity index (χ1n) is 5.13. The highest BCUT2D eigenvalue weighted by molar-refractivity contribution is 8.01. The lowest BCUT2D eigenvalue weighted by atomic mass is 10.2. The lowest BCUT2D eigenvalue weighted by Gasteiger charge is -2.10. The Hall–Kier alpha value is -1.21. The Labute approximate surface area is 111 Å². The van der Waals surface area contributed by atoms with Crippen LogP contribution in [-0.2, 0) is 0 Å². The van der Waals surface area contributed by atoms with Crippen molar-refractivity contribution < 1.29 is 13.5 Å². The minimum absolute atomic E-state index is 0.168. The van der Waals surface area contributed by atoms with Crippen LogP contribution in [0.25, 0.3) is 0 Å². The standard InChI is InChI=1S/C11H10F2N2OS2/c1-7(18-11-15-14-6-17-11)8-2-4-9(5-3-8)16-10(12)13/h2-7,10H,1H3. The highest BCUT2D eigenvalue weighted by Gasteiger charge is 2.10. The maximum atomic E-state index is 12.0.